The number of aryl methyl sites for hydroxylation is 1. The molecule has 0 atom stereocenters. The molecule has 5 heteroatoms. The first kappa shape index (κ1) is 14.2. The van der Waals surface area contributed by atoms with Crippen molar-refractivity contribution in [2.75, 3.05) is 18.1 Å². The molecule has 0 unspecified atom stereocenters. The van der Waals surface area contributed by atoms with Crippen LogP contribution < -0.4 is 5.32 Å². The van der Waals surface area contributed by atoms with E-state index >= 15 is 0 Å². The SMILES string of the molecule is CCC(CC)(CNc1cc(C)cc2ncnn12)SC. The van der Waals surface area contributed by atoms with Crippen molar-refractivity contribution < 1.29 is 0 Å². The minimum Gasteiger partial charge on any atom is -0.369 e. The van der Waals surface area contributed by atoms with Gasteiger partial charge in [0, 0.05) is 11.3 Å². The molecule has 104 valence electrons. The molecule has 0 aliphatic carbocycles. The average molecular weight is 278 g/mol. The van der Waals surface area contributed by atoms with Crippen LogP contribution in [0.1, 0.15) is 32.3 Å². The molecule has 0 aliphatic heterocycles. The second-order valence-electron chi connectivity index (χ2n) is 4.90. The van der Waals surface area contributed by atoms with Gasteiger partial charge in [-0.1, -0.05) is 13.8 Å². The van der Waals surface area contributed by atoms with Crippen molar-refractivity contribution in [2.45, 2.75) is 38.4 Å². The summed E-state index contributed by atoms with van der Waals surface area (Å²) in [5.74, 6) is 1.02. The maximum Gasteiger partial charge on any atom is 0.157 e. The number of nitrogens with one attached hydrogen (secondary N) is 1. The van der Waals surface area contributed by atoms with E-state index in [4.69, 9.17) is 0 Å². The van der Waals surface area contributed by atoms with Gasteiger partial charge in [0.05, 0.1) is 0 Å². The number of aromatic nitrogens is 3. The topological polar surface area (TPSA) is 42.2 Å². The van der Waals surface area contributed by atoms with Gasteiger partial charge >= 0.3 is 0 Å². The van der Waals surface area contributed by atoms with Crippen LogP contribution in [0.2, 0.25) is 0 Å². The molecule has 0 amide bonds. The standard InChI is InChI=1S/C14H22N4S/c1-5-14(6-2,19-4)9-15-12-7-11(3)8-13-16-10-17-18(12)13/h7-8,10,15H,5-6,9H2,1-4H3. The van der Waals surface area contributed by atoms with E-state index in [1.54, 1.807) is 6.33 Å². The van der Waals surface area contributed by atoms with Gasteiger partial charge in [-0.05, 0) is 43.7 Å². The maximum atomic E-state index is 4.27. The molecule has 0 bridgehead atoms. The maximum absolute atomic E-state index is 4.27. The minimum absolute atomic E-state index is 0.288. The van der Waals surface area contributed by atoms with Gasteiger partial charge in [-0.2, -0.15) is 21.4 Å². The third-order valence-corrected chi connectivity index (χ3v) is 5.42. The third kappa shape index (κ3) is 2.86. The molecule has 0 aliphatic rings. The molecule has 4 nitrogen and oxygen atoms in total. The summed E-state index contributed by atoms with van der Waals surface area (Å²) in [5, 5.41) is 7.82. The van der Waals surface area contributed by atoms with Crippen molar-refractivity contribution >= 4 is 23.2 Å². The number of anilines is 1. The van der Waals surface area contributed by atoms with Crippen LogP contribution in [0.4, 0.5) is 5.82 Å². The molecule has 2 aromatic heterocycles. The lowest BCUT2D eigenvalue weighted by molar-refractivity contribution is 0.573. The van der Waals surface area contributed by atoms with E-state index < -0.39 is 0 Å². The van der Waals surface area contributed by atoms with E-state index in [1.807, 2.05) is 22.3 Å². The lowest BCUT2D eigenvalue weighted by Crippen LogP contribution is -2.32. The first-order valence-electron chi connectivity index (χ1n) is 6.73. The third-order valence-electron chi connectivity index (χ3n) is 3.84. The highest BCUT2D eigenvalue weighted by molar-refractivity contribution is 8.00. The van der Waals surface area contributed by atoms with Gasteiger partial charge in [-0.25, -0.2) is 4.98 Å². The minimum atomic E-state index is 0.288. The van der Waals surface area contributed by atoms with E-state index in [9.17, 15) is 0 Å². The summed E-state index contributed by atoms with van der Waals surface area (Å²) in [4.78, 5) is 4.25. The average Bonchev–Trinajstić information content (AvgIpc) is 2.88. The summed E-state index contributed by atoms with van der Waals surface area (Å²) in [6.07, 6.45) is 6.10. The second-order valence-corrected chi connectivity index (χ2v) is 6.17. The first-order chi connectivity index (χ1) is 9.14. The van der Waals surface area contributed by atoms with Gasteiger partial charge in [0.15, 0.2) is 5.65 Å². The predicted molar refractivity (Wildman–Crippen MR) is 83.0 cm³/mol. The number of hydrogen-bond acceptors (Lipinski definition) is 4. The van der Waals surface area contributed by atoms with Gasteiger partial charge in [0.25, 0.3) is 0 Å². The summed E-state index contributed by atoms with van der Waals surface area (Å²) >= 11 is 1.94. The molecule has 0 saturated heterocycles. The zero-order valence-corrected chi connectivity index (χ0v) is 12.9. The number of nitrogens with zero attached hydrogens (tertiary/aromatic N) is 3. The van der Waals surface area contributed by atoms with Crippen LogP contribution in [0, 0.1) is 6.92 Å². The molecule has 0 spiro atoms. The zero-order chi connectivity index (χ0) is 13.9. The summed E-state index contributed by atoms with van der Waals surface area (Å²) in [6, 6.07) is 4.16. The van der Waals surface area contributed by atoms with Crippen LogP contribution in [0.5, 0.6) is 0 Å². The summed E-state index contributed by atoms with van der Waals surface area (Å²) in [6.45, 7) is 7.53. The Balaban J connectivity index is 2.24. The normalized spacial score (nSPS) is 12.0. The van der Waals surface area contributed by atoms with E-state index in [0.29, 0.717) is 0 Å². The summed E-state index contributed by atoms with van der Waals surface area (Å²) in [7, 11) is 0. The van der Waals surface area contributed by atoms with E-state index in [2.05, 4.69) is 48.5 Å². The molecule has 0 fully saturated rings. The van der Waals surface area contributed by atoms with Crippen LogP contribution >= 0.6 is 11.8 Å². The fourth-order valence-corrected chi connectivity index (χ4v) is 3.09. The Morgan fingerprint density at radius 3 is 2.68 bits per heavy atom. The lowest BCUT2D eigenvalue weighted by atomic mass is 10.0. The van der Waals surface area contributed by atoms with Crippen molar-refractivity contribution in [3.8, 4) is 0 Å². The van der Waals surface area contributed by atoms with Crippen LogP contribution in [-0.2, 0) is 0 Å². The number of rotatable bonds is 6. The second kappa shape index (κ2) is 5.82. The van der Waals surface area contributed by atoms with E-state index in [-0.39, 0.29) is 4.75 Å². The van der Waals surface area contributed by atoms with E-state index in [1.165, 1.54) is 5.56 Å². The fourth-order valence-electron chi connectivity index (χ4n) is 2.29. The number of hydrogen-bond donors (Lipinski definition) is 1. The first-order valence-corrected chi connectivity index (χ1v) is 7.96. The highest BCUT2D eigenvalue weighted by Crippen LogP contribution is 2.30. The van der Waals surface area contributed by atoms with Crippen LogP contribution in [0.3, 0.4) is 0 Å². The molecule has 19 heavy (non-hydrogen) atoms. The highest BCUT2D eigenvalue weighted by atomic mass is 32.2. The molecule has 2 aromatic rings. The monoisotopic (exact) mass is 278 g/mol. The molecule has 2 heterocycles. The van der Waals surface area contributed by atoms with Gasteiger partial charge in [0.1, 0.15) is 12.1 Å². The molecular weight excluding hydrogens is 256 g/mol. The molecule has 1 N–H and O–H groups in total. The van der Waals surface area contributed by atoms with Gasteiger partial charge in [-0.15, -0.1) is 0 Å². The Labute approximate surface area is 119 Å². The highest BCUT2D eigenvalue weighted by Gasteiger charge is 2.24. The van der Waals surface area contributed by atoms with Gasteiger partial charge < -0.3 is 5.32 Å². The molecular formula is C14H22N4S. The Morgan fingerprint density at radius 2 is 2.05 bits per heavy atom. The lowest BCUT2D eigenvalue weighted by Gasteiger charge is -2.30. The Morgan fingerprint density at radius 1 is 1.32 bits per heavy atom. The van der Waals surface area contributed by atoms with Crippen LogP contribution in [0.15, 0.2) is 18.5 Å². The van der Waals surface area contributed by atoms with Crippen LogP contribution in [-0.4, -0.2) is 32.1 Å². The van der Waals surface area contributed by atoms with Gasteiger partial charge in [-0.3, -0.25) is 0 Å². The number of pyridine rings is 1. The summed E-state index contributed by atoms with van der Waals surface area (Å²) in [5.41, 5.74) is 2.09. The van der Waals surface area contributed by atoms with E-state index in [0.717, 1.165) is 30.9 Å². The van der Waals surface area contributed by atoms with Crippen molar-refractivity contribution in [2.24, 2.45) is 0 Å². The van der Waals surface area contributed by atoms with Crippen molar-refractivity contribution in [1.29, 1.82) is 0 Å². The van der Waals surface area contributed by atoms with Crippen LogP contribution in [0.25, 0.3) is 5.65 Å². The van der Waals surface area contributed by atoms with Crippen molar-refractivity contribution in [1.82, 2.24) is 14.6 Å². The fraction of sp³-hybridized carbons (Fsp3) is 0.571. The molecule has 0 radical (unpaired) electrons. The zero-order valence-electron chi connectivity index (χ0n) is 12.1. The Kier molecular flexibility index (Phi) is 4.34. The number of thioether (sulfide) groups is 1. The van der Waals surface area contributed by atoms with Gasteiger partial charge in [0.2, 0.25) is 0 Å². The largest absolute Gasteiger partial charge is 0.369 e. The number of fused-ring (bicyclic) bond motifs is 1. The van der Waals surface area contributed by atoms with Crippen molar-refractivity contribution in [3.05, 3.63) is 24.0 Å². The summed E-state index contributed by atoms with van der Waals surface area (Å²) < 4.78 is 2.15. The quantitative estimate of drug-likeness (QED) is 0.879. The predicted octanol–water partition coefficient (Wildman–Crippen LogP) is 3.37. The Bertz CT molecular complexity index is 537. The smallest absolute Gasteiger partial charge is 0.157 e. The Hall–Kier alpha value is -1.23. The molecule has 2 rings (SSSR count). The molecule has 0 saturated carbocycles. The molecule has 0 aromatic carbocycles. The van der Waals surface area contributed by atoms with Crippen molar-refractivity contribution in [3.63, 3.8) is 0 Å².